The Kier molecular flexibility index (Phi) is 5.69. The van der Waals surface area contributed by atoms with Gasteiger partial charge in [-0.2, -0.15) is 0 Å². The molecule has 7 heteroatoms. The minimum absolute atomic E-state index is 0.0847. The van der Waals surface area contributed by atoms with E-state index in [1.165, 1.54) is 5.56 Å². The van der Waals surface area contributed by atoms with Gasteiger partial charge in [0.1, 0.15) is 6.54 Å². The molecule has 0 aliphatic rings. The molecule has 0 aliphatic carbocycles. The number of nitrogens with two attached hydrogens (primary N) is 1. The van der Waals surface area contributed by atoms with Crippen LogP contribution in [0, 0.1) is 0 Å². The van der Waals surface area contributed by atoms with Crippen LogP contribution in [-0.4, -0.2) is 26.4 Å². The van der Waals surface area contributed by atoms with E-state index in [0.717, 1.165) is 17.9 Å². The summed E-state index contributed by atoms with van der Waals surface area (Å²) >= 11 is 1.54. The molecule has 1 heterocycles. The smallest absolute Gasteiger partial charge is 0.244 e. The molecule has 0 bridgehead atoms. The lowest BCUT2D eigenvalue weighted by atomic mass is 10.2. The van der Waals surface area contributed by atoms with Crippen LogP contribution in [0.2, 0.25) is 0 Å². The minimum atomic E-state index is -0.164. The fraction of sp³-hybridized carbons (Fsp3) is 0.167. The van der Waals surface area contributed by atoms with Gasteiger partial charge < -0.3 is 11.1 Å². The number of aromatic nitrogens is 3. The maximum Gasteiger partial charge on any atom is 0.244 e. The molecule has 0 aliphatic heterocycles. The highest BCUT2D eigenvalue weighted by Crippen LogP contribution is 2.19. The van der Waals surface area contributed by atoms with Crippen molar-refractivity contribution in [3.8, 4) is 0 Å². The van der Waals surface area contributed by atoms with E-state index in [1.807, 2.05) is 48.5 Å². The summed E-state index contributed by atoms with van der Waals surface area (Å²) in [5, 5.41) is 11.5. The molecule has 2 aromatic carbocycles. The SMILES string of the molecule is Nc1nnc(SCCc2ccccc2)n1CC(=O)Nc1ccccc1. The van der Waals surface area contributed by atoms with Crippen molar-refractivity contribution in [2.24, 2.45) is 0 Å². The molecule has 128 valence electrons. The Labute approximate surface area is 150 Å². The average molecular weight is 353 g/mol. The van der Waals surface area contributed by atoms with Crippen LogP contribution in [0.5, 0.6) is 0 Å². The first-order valence-electron chi connectivity index (χ1n) is 7.92. The first kappa shape index (κ1) is 17.0. The molecule has 0 saturated heterocycles. The zero-order chi connectivity index (χ0) is 17.5. The number of hydrogen-bond donors (Lipinski definition) is 2. The number of anilines is 2. The summed E-state index contributed by atoms with van der Waals surface area (Å²) in [6.45, 7) is 0.0847. The van der Waals surface area contributed by atoms with Crippen LogP contribution in [0.1, 0.15) is 5.56 Å². The van der Waals surface area contributed by atoms with Crippen molar-refractivity contribution in [1.29, 1.82) is 0 Å². The zero-order valence-corrected chi connectivity index (χ0v) is 14.4. The summed E-state index contributed by atoms with van der Waals surface area (Å²) in [7, 11) is 0. The van der Waals surface area contributed by atoms with Gasteiger partial charge in [-0.15, -0.1) is 10.2 Å². The number of amides is 1. The first-order valence-corrected chi connectivity index (χ1v) is 8.91. The van der Waals surface area contributed by atoms with Crippen LogP contribution in [0.3, 0.4) is 0 Å². The van der Waals surface area contributed by atoms with Crippen molar-refractivity contribution in [2.75, 3.05) is 16.8 Å². The standard InChI is InChI=1S/C18H19N5OS/c19-17-21-22-18(25-12-11-14-7-3-1-4-8-14)23(17)13-16(24)20-15-9-5-2-6-10-15/h1-10H,11-13H2,(H2,19,21)(H,20,24). The van der Waals surface area contributed by atoms with Crippen LogP contribution >= 0.6 is 11.8 Å². The van der Waals surface area contributed by atoms with Crippen LogP contribution in [0.15, 0.2) is 65.8 Å². The number of nitrogen functional groups attached to an aromatic ring is 1. The summed E-state index contributed by atoms with van der Waals surface area (Å²) in [4.78, 5) is 12.2. The van der Waals surface area contributed by atoms with E-state index >= 15 is 0 Å². The van der Waals surface area contributed by atoms with Crippen molar-refractivity contribution in [2.45, 2.75) is 18.1 Å². The molecule has 0 atom stereocenters. The fourth-order valence-electron chi connectivity index (χ4n) is 2.33. The highest BCUT2D eigenvalue weighted by atomic mass is 32.2. The highest BCUT2D eigenvalue weighted by molar-refractivity contribution is 7.99. The summed E-state index contributed by atoms with van der Waals surface area (Å²) < 4.78 is 1.63. The van der Waals surface area contributed by atoms with Gasteiger partial charge in [-0.3, -0.25) is 9.36 Å². The lowest BCUT2D eigenvalue weighted by Gasteiger charge is -2.09. The van der Waals surface area contributed by atoms with E-state index in [-0.39, 0.29) is 18.4 Å². The van der Waals surface area contributed by atoms with Gasteiger partial charge >= 0.3 is 0 Å². The third kappa shape index (κ3) is 4.84. The number of aryl methyl sites for hydroxylation is 1. The average Bonchev–Trinajstić information content (AvgIpc) is 2.97. The van der Waals surface area contributed by atoms with E-state index < -0.39 is 0 Å². The highest BCUT2D eigenvalue weighted by Gasteiger charge is 2.13. The molecule has 3 rings (SSSR count). The van der Waals surface area contributed by atoms with Gasteiger partial charge in [0.2, 0.25) is 11.9 Å². The summed E-state index contributed by atoms with van der Waals surface area (Å²) in [6, 6.07) is 19.5. The summed E-state index contributed by atoms with van der Waals surface area (Å²) in [6.07, 6.45) is 0.911. The van der Waals surface area contributed by atoms with E-state index in [0.29, 0.717) is 5.16 Å². The number of thioether (sulfide) groups is 1. The number of para-hydroxylation sites is 1. The third-order valence-corrected chi connectivity index (χ3v) is 4.54. The van der Waals surface area contributed by atoms with Crippen LogP contribution in [-0.2, 0) is 17.8 Å². The normalized spacial score (nSPS) is 10.6. The molecule has 0 spiro atoms. The van der Waals surface area contributed by atoms with E-state index in [2.05, 4.69) is 27.6 Å². The maximum absolute atomic E-state index is 12.2. The lowest BCUT2D eigenvalue weighted by Crippen LogP contribution is -2.20. The Morgan fingerprint density at radius 3 is 2.44 bits per heavy atom. The van der Waals surface area contributed by atoms with Crippen molar-refractivity contribution in [1.82, 2.24) is 14.8 Å². The maximum atomic E-state index is 12.2. The topological polar surface area (TPSA) is 85.8 Å². The Morgan fingerprint density at radius 2 is 1.72 bits per heavy atom. The third-order valence-electron chi connectivity index (χ3n) is 3.57. The predicted octanol–water partition coefficient (Wildman–Crippen LogP) is 2.83. The van der Waals surface area contributed by atoms with Crippen molar-refractivity contribution >= 4 is 29.3 Å². The van der Waals surface area contributed by atoms with Crippen LogP contribution in [0.4, 0.5) is 11.6 Å². The molecule has 3 N–H and O–H groups in total. The second kappa shape index (κ2) is 8.34. The molecule has 1 aromatic heterocycles. The molecule has 0 fully saturated rings. The number of nitrogens with zero attached hydrogens (tertiary/aromatic N) is 3. The molecule has 0 unspecified atom stereocenters. The number of hydrogen-bond acceptors (Lipinski definition) is 5. The number of rotatable bonds is 7. The summed E-state index contributed by atoms with van der Waals surface area (Å²) in [5.74, 6) is 0.913. The molecule has 1 amide bonds. The number of benzene rings is 2. The Bertz CT molecular complexity index is 820. The van der Waals surface area contributed by atoms with Crippen molar-refractivity contribution in [3.05, 3.63) is 66.2 Å². The molecule has 25 heavy (non-hydrogen) atoms. The van der Waals surface area contributed by atoms with Gasteiger partial charge in [-0.1, -0.05) is 60.3 Å². The van der Waals surface area contributed by atoms with Crippen LogP contribution < -0.4 is 11.1 Å². The quantitative estimate of drug-likeness (QED) is 0.638. The monoisotopic (exact) mass is 353 g/mol. The van der Waals surface area contributed by atoms with E-state index in [1.54, 1.807) is 16.3 Å². The van der Waals surface area contributed by atoms with Gasteiger partial charge in [-0.05, 0) is 24.1 Å². The first-order chi connectivity index (χ1) is 12.2. The predicted molar refractivity (Wildman–Crippen MR) is 100 cm³/mol. The van der Waals surface area contributed by atoms with Gasteiger partial charge in [0.05, 0.1) is 0 Å². The van der Waals surface area contributed by atoms with E-state index in [4.69, 9.17) is 5.73 Å². The molecular formula is C18H19N5OS. The second-order valence-electron chi connectivity index (χ2n) is 5.43. The lowest BCUT2D eigenvalue weighted by molar-refractivity contribution is -0.116. The number of carbonyl (C=O) groups excluding carboxylic acids is 1. The van der Waals surface area contributed by atoms with Crippen LogP contribution in [0.25, 0.3) is 0 Å². The van der Waals surface area contributed by atoms with Gasteiger partial charge in [0, 0.05) is 11.4 Å². The van der Waals surface area contributed by atoms with Crippen molar-refractivity contribution < 1.29 is 4.79 Å². The zero-order valence-electron chi connectivity index (χ0n) is 13.6. The summed E-state index contributed by atoms with van der Waals surface area (Å²) in [5.41, 5.74) is 7.87. The molecule has 6 nitrogen and oxygen atoms in total. The number of nitrogens with one attached hydrogen (secondary N) is 1. The Hall–Kier alpha value is -2.80. The molecular weight excluding hydrogens is 334 g/mol. The van der Waals surface area contributed by atoms with E-state index in [9.17, 15) is 4.79 Å². The molecule has 0 radical (unpaired) electrons. The molecule has 0 saturated carbocycles. The van der Waals surface area contributed by atoms with Gasteiger partial charge in [0.25, 0.3) is 0 Å². The number of carbonyl (C=O) groups is 1. The Balaban J connectivity index is 1.58. The van der Waals surface area contributed by atoms with Gasteiger partial charge in [0.15, 0.2) is 5.16 Å². The minimum Gasteiger partial charge on any atom is -0.368 e. The fourth-order valence-corrected chi connectivity index (χ4v) is 3.26. The largest absolute Gasteiger partial charge is 0.368 e. The second-order valence-corrected chi connectivity index (χ2v) is 6.49. The molecule has 3 aromatic rings. The Morgan fingerprint density at radius 1 is 1.04 bits per heavy atom. The van der Waals surface area contributed by atoms with Crippen molar-refractivity contribution in [3.63, 3.8) is 0 Å². The van der Waals surface area contributed by atoms with Gasteiger partial charge in [-0.25, -0.2) is 0 Å².